The third kappa shape index (κ3) is 2.67. The first kappa shape index (κ1) is 14.9. The molecule has 0 fully saturated rings. The van der Waals surface area contributed by atoms with Gasteiger partial charge in [-0.05, 0) is 25.0 Å². The lowest BCUT2D eigenvalue weighted by Gasteiger charge is -2.28. The minimum absolute atomic E-state index is 0.592. The van der Waals surface area contributed by atoms with E-state index in [4.69, 9.17) is 0 Å². The molecule has 0 spiro atoms. The molecule has 0 radical (unpaired) electrons. The summed E-state index contributed by atoms with van der Waals surface area (Å²) < 4.78 is 0. The van der Waals surface area contributed by atoms with Gasteiger partial charge in [0.2, 0.25) is 0 Å². The third-order valence-electron chi connectivity index (χ3n) is 3.94. The standard InChI is InChI=1S/C18H18N2OS/c1-3-18(21,16-7-4-13(2)20-12-16)15-8-5-14(6-9-15)17-19-10-11-22-17/h4-12,21H,3H2,1-2H3. The number of nitrogens with zero attached hydrogens (tertiary/aromatic N) is 2. The number of aryl methyl sites for hydroxylation is 1. The van der Waals surface area contributed by atoms with Crippen LogP contribution in [-0.4, -0.2) is 15.1 Å². The lowest BCUT2D eigenvalue weighted by Crippen LogP contribution is -2.26. The van der Waals surface area contributed by atoms with Gasteiger partial charge in [0.25, 0.3) is 0 Å². The van der Waals surface area contributed by atoms with E-state index in [2.05, 4.69) is 9.97 Å². The summed E-state index contributed by atoms with van der Waals surface area (Å²) in [4.78, 5) is 8.62. The van der Waals surface area contributed by atoms with Crippen molar-refractivity contribution in [2.45, 2.75) is 25.9 Å². The van der Waals surface area contributed by atoms with E-state index in [1.165, 1.54) is 0 Å². The average molecular weight is 310 g/mol. The number of hydrogen-bond donors (Lipinski definition) is 1. The van der Waals surface area contributed by atoms with E-state index >= 15 is 0 Å². The topological polar surface area (TPSA) is 46.0 Å². The van der Waals surface area contributed by atoms with Gasteiger partial charge in [-0.15, -0.1) is 11.3 Å². The summed E-state index contributed by atoms with van der Waals surface area (Å²) in [5.74, 6) is 0. The fourth-order valence-electron chi connectivity index (χ4n) is 2.54. The monoisotopic (exact) mass is 310 g/mol. The van der Waals surface area contributed by atoms with Crippen LogP contribution in [0.2, 0.25) is 0 Å². The first-order chi connectivity index (χ1) is 10.6. The van der Waals surface area contributed by atoms with Gasteiger partial charge in [-0.25, -0.2) is 4.98 Å². The Kier molecular flexibility index (Phi) is 4.05. The van der Waals surface area contributed by atoms with Crippen LogP contribution in [0, 0.1) is 6.92 Å². The molecule has 2 aromatic heterocycles. The lowest BCUT2D eigenvalue weighted by molar-refractivity contribution is 0.0761. The van der Waals surface area contributed by atoms with Crippen LogP contribution in [0.25, 0.3) is 10.6 Å². The molecular weight excluding hydrogens is 292 g/mol. The molecule has 0 aliphatic carbocycles. The number of pyridine rings is 1. The molecule has 0 aliphatic rings. The van der Waals surface area contributed by atoms with Crippen LogP contribution in [0.3, 0.4) is 0 Å². The fraction of sp³-hybridized carbons (Fsp3) is 0.222. The second-order valence-corrected chi connectivity index (χ2v) is 6.21. The van der Waals surface area contributed by atoms with Crippen LogP contribution >= 0.6 is 11.3 Å². The number of benzene rings is 1. The van der Waals surface area contributed by atoms with Crippen molar-refractivity contribution in [3.63, 3.8) is 0 Å². The Morgan fingerprint density at radius 2 is 1.77 bits per heavy atom. The van der Waals surface area contributed by atoms with Crippen LogP contribution in [0.4, 0.5) is 0 Å². The molecule has 4 heteroatoms. The van der Waals surface area contributed by atoms with Gasteiger partial charge in [0.05, 0.1) is 0 Å². The SMILES string of the molecule is CCC(O)(c1ccc(-c2nccs2)cc1)c1ccc(C)nc1. The second-order valence-electron chi connectivity index (χ2n) is 5.32. The number of rotatable bonds is 4. The zero-order valence-corrected chi connectivity index (χ0v) is 13.5. The molecule has 3 aromatic rings. The highest BCUT2D eigenvalue weighted by molar-refractivity contribution is 7.13. The van der Waals surface area contributed by atoms with E-state index in [-0.39, 0.29) is 0 Å². The molecule has 0 aliphatic heterocycles. The van der Waals surface area contributed by atoms with Gasteiger partial charge >= 0.3 is 0 Å². The van der Waals surface area contributed by atoms with E-state index in [9.17, 15) is 5.11 Å². The molecule has 22 heavy (non-hydrogen) atoms. The number of thiazole rings is 1. The minimum atomic E-state index is -1.01. The Morgan fingerprint density at radius 1 is 1.05 bits per heavy atom. The molecule has 112 valence electrons. The van der Waals surface area contributed by atoms with Gasteiger partial charge in [-0.2, -0.15) is 0 Å². The number of hydrogen-bond acceptors (Lipinski definition) is 4. The maximum atomic E-state index is 11.1. The summed E-state index contributed by atoms with van der Waals surface area (Å²) in [5.41, 5.74) is 2.70. The Morgan fingerprint density at radius 3 is 2.32 bits per heavy atom. The van der Waals surface area contributed by atoms with Crippen molar-refractivity contribution in [3.05, 3.63) is 71.0 Å². The van der Waals surface area contributed by atoms with Crippen LogP contribution in [-0.2, 0) is 5.60 Å². The van der Waals surface area contributed by atoms with Crippen molar-refractivity contribution in [2.75, 3.05) is 0 Å². The molecule has 1 atom stereocenters. The van der Waals surface area contributed by atoms with Gasteiger partial charge in [0, 0.05) is 34.6 Å². The van der Waals surface area contributed by atoms with Crippen molar-refractivity contribution >= 4 is 11.3 Å². The summed E-state index contributed by atoms with van der Waals surface area (Å²) in [6.45, 7) is 3.92. The highest BCUT2D eigenvalue weighted by Crippen LogP contribution is 2.34. The summed E-state index contributed by atoms with van der Waals surface area (Å²) >= 11 is 1.61. The van der Waals surface area contributed by atoms with Crippen molar-refractivity contribution < 1.29 is 5.11 Å². The molecule has 0 amide bonds. The van der Waals surface area contributed by atoms with Crippen LogP contribution in [0.1, 0.15) is 30.2 Å². The molecule has 3 nitrogen and oxygen atoms in total. The van der Waals surface area contributed by atoms with E-state index < -0.39 is 5.60 Å². The van der Waals surface area contributed by atoms with E-state index in [1.807, 2.05) is 55.6 Å². The normalized spacial score (nSPS) is 13.8. The van der Waals surface area contributed by atoms with Gasteiger partial charge in [-0.3, -0.25) is 4.98 Å². The highest BCUT2D eigenvalue weighted by Gasteiger charge is 2.29. The van der Waals surface area contributed by atoms with Crippen LogP contribution < -0.4 is 0 Å². The molecule has 0 saturated carbocycles. The van der Waals surface area contributed by atoms with Crippen LogP contribution in [0.15, 0.2) is 54.2 Å². The zero-order chi connectivity index (χ0) is 15.6. The molecule has 1 aromatic carbocycles. The van der Waals surface area contributed by atoms with Crippen molar-refractivity contribution in [2.24, 2.45) is 0 Å². The summed E-state index contributed by atoms with van der Waals surface area (Å²) in [5, 5.41) is 14.1. The molecule has 1 N–H and O–H groups in total. The maximum absolute atomic E-state index is 11.1. The van der Waals surface area contributed by atoms with Gasteiger partial charge in [-0.1, -0.05) is 37.3 Å². The minimum Gasteiger partial charge on any atom is -0.380 e. The summed E-state index contributed by atoms with van der Waals surface area (Å²) in [6, 6.07) is 11.8. The predicted octanol–water partition coefficient (Wildman–Crippen LogP) is 4.16. The lowest BCUT2D eigenvalue weighted by atomic mass is 9.84. The zero-order valence-electron chi connectivity index (χ0n) is 12.7. The molecule has 0 saturated heterocycles. The van der Waals surface area contributed by atoms with Crippen molar-refractivity contribution in [3.8, 4) is 10.6 Å². The molecule has 1 unspecified atom stereocenters. The fourth-order valence-corrected chi connectivity index (χ4v) is 3.19. The first-order valence-electron chi connectivity index (χ1n) is 7.29. The smallest absolute Gasteiger partial charge is 0.123 e. The van der Waals surface area contributed by atoms with E-state index in [1.54, 1.807) is 23.7 Å². The Labute approximate surface area is 134 Å². The highest BCUT2D eigenvalue weighted by atomic mass is 32.1. The average Bonchev–Trinajstić information content (AvgIpc) is 3.09. The third-order valence-corrected chi connectivity index (χ3v) is 4.76. The molecular formula is C18H18N2OS. The second kappa shape index (κ2) is 5.99. The number of aliphatic hydroxyl groups is 1. The molecule has 0 bridgehead atoms. The predicted molar refractivity (Wildman–Crippen MR) is 89.8 cm³/mol. The Hall–Kier alpha value is -2.04. The summed E-state index contributed by atoms with van der Waals surface area (Å²) in [7, 11) is 0. The first-order valence-corrected chi connectivity index (χ1v) is 8.17. The summed E-state index contributed by atoms with van der Waals surface area (Å²) in [6.07, 6.45) is 4.15. The van der Waals surface area contributed by atoms with E-state index in [0.29, 0.717) is 6.42 Å². The Balaban J connectivity index is 1.98. The van der Waals surface area contributed by atoms with Crippen molar-refractivity contribution in [1.29, 1.82) is 0 Å². The van der Waals surface area contributed by atoms with Gasteiger partial charge in [0.15, 0.2) is 0 Å². The van der Waals surface area contributed by atoms with Crippen molar-refractivity contribution in [1.82, 2.24) is 9.97 Å². The molecule has 2 heterocycles. The number of aromatic nitrogens is 2. The maximum Gasteiger partial charge on any atom is 0.123 e. The Bertz CT molecular complexity index is 736. The van der Waals surface area contributed by atoms with Gasteiger partial charge < -0.3 is 5.11 Å². The largest absolute Gasteiger partial charge is 0.380 e. The van der Waals surface area contributed by atoms with E-state index in [0.717, 1.165) is 27.4 Å². The quantitative estimate of drug-likeness (QED) is 0.787. The van der Waals surface area contributed by atoms with Crippen LogP contribution in [0.5, 0.6) is 0 Å². The van der Waals surface area contributed by atoms with Gasteiger partial charge in [0.1, 0.15) is 10.6 Å². The molecule has 3 rings (SSSR count).